The molecule has 0 fully saturated rings. The lowest BCUT2D eigenvalue weighted by Gasteiger charge is -2.25. The van der Waals surface area contributed by atoms with E-state index in [0.29, 0.717) is 17.8 Å². The molecule has 2 nitrogen and oxygen atoms in total. The van der Waals surface area contributed by atoms with E-state index in [9.17, 15) is 8.78 Å². The minimum absolute atomic E-state index is 0.450. The molecule has 20 heavy (non-hydrogen) atoms. The lowest BCUT2D eigenvalue weighted by Crippen LogP contribution is -2.23. The van der Waals surface area contributed by atoms with Gasteiger partial charge in [0.05, 0.1) is 0 Å². The van der Waals surface area contributed by atoms with Crippen LogP contribution in [0.25, 0.3) is 0 Å². The predicted octanol–water partition coefficient (Wildman–Crippen LogP) is 3.96. The minimum Gasteiger partial charge on any atom is -0.399 e. The summed E-state index contributed by atoms with van der Waals surface area (Å²) in [5.74, 6) is -1.10. The zero-order valence-corrected chi connectivity index (χ0v) is 11.4. The second-order valence-electron chi connectivity index (χ2n) is 4.79. The Morgan fingerprint density at radius 3 is 2.35 bits per heavy atom. The molecule has 2 N–H and O–H groups in total. The molecule has 0 aliphatic rings. The summed E-state index contributed by atoms with van der Waals surface area (Å²) in [5, 5.41) is 0. The molecule has 0 heterocycles. The highest BCUT2D eigenvalue weighted by Gasteiger charge is 2.09. The number of rotatable bonds is 5. The minimum atomic E-state index is -0.552. The Hall–Kier alpha value is -2.10. The van der Waals surface area contributed by atoms with E-state index in [1.807, 2.05) is 24.3 Å². The molecule has 0 bridgehead atoms. The molecule has 0 saturated carbocycles. The van der Waals surface area contributed by atoms with Crippen molar-refractivity contribution in [2.75, 3.05) is 17.2 Å². The van der Waals surface area contributed by atoms with Crippen LogP contribution < -0.4 is 10.6 Å². The monoisotopic (exact) mass is 276 g/mol. The van der Waals surface area contributed by atoms with Gasteiger partial charge in [0.15, 0.2) is 0 Å². The van der Waals surface area contributed by atoms with Crippen molar-refractivity contribution in [2.45, 2.75) is 19.9 Å². The smallest absolute Gasteiger partial charge is 0.126 e. The molecular formula is C16H18F2N2. The number of hydrogen-bond donors (Lipinski definition) is 1. The first-order valence-corrected chi connectivity index (χ1v) is 6.64. The molecule has 0 aliphatic carbocycles. The average molecular weight is 276 g/mol. The Labute approximate surface area is 117 Å². The Kier molecular flexibility index (Phi) is 4.56. The number of nitrogens with zero attached hydrogens (tertiary/aromatic N) is 1. The SMILES string of the molecule is CCCN(Cc1cc(F)cc(F)c1)c1cccc(N)c1. The number of benzene rings is 2. The van der Waals surface area contributed by atoms with Crippen molar-refractivity contribution >= 4 is 11.4 Å². The van der Waals surface area contributed by atoms with Crippen LogP contribution in [0.15, 0.2) is 42.5 Å². The zero-order chi connectivity index (χ0) is 14.5. The van der Waals surface area contributed by atoms with Crippen molar-refractivity contribution in [2.24, 2.45) is 0 Å². The quantitative estimate of drug-likeness (QED) is 0.837. The normalized spacial score (nSPS) is 10.6. The highest BCUT2D eigenvalue weighted by molar-refractivity contribution is 5.56. The molecule has 2 aromatic carbocycles. The first-order valence-electron chi connectivity index (χ1n) is 6.64. The van der Waals surface area contributed by atoms with E-state index in [2.05, 4.69) is 11.8 Å². The maximum absolute atomic E-state index is 13.3. The Balaban J connectivity index is 2.25. The molecule has 0 radical (unpaired) electrons. The number of halogens is 2. The summed E-state index contributed by atoms with van der Waals surface area (Å²) < 4.78 is 26.5. The van der Waals surface area contributed by atoms with Crippen LogP contribution in [0.2, 0.25) is 0 Å². The maximum atomic E-state index is 13.3. The molecule has 0 aromatic heterocycles. The van der Waals surface area contributed by atoms with E-state index in [4.69, 9.17) is 5.73 Å². The van der Waals surface area contributed by atoms with Gasteiger partial charge in [0.2, 0.25) is 0 Å². The van der Waals surface area contributed by atoms with E-state index in [-0.39, 0.29) is 0 Å². The third kappa shape index (κ3) is 3.70. The average Bonchev–Trinajstić information content (AvgIpc) is 2.37. The molecule has 0 amide bonds. The van der Waals surface area contributed by atoms with Crippen LogP contribution in [0.5, 0.6) is 0 Å². The lowest BCUT2D eigenvalue weighted by atomic mass is 10.1. The summed E-state index contributed by atoms with van der Waals surface area (Å²) >= 11 is 0. The van der Waals surface area contributed by atoms with Gasteiger partial charge < -0.3 is 10.6 Å². The van der Waals surface area contributed by atoms with E-state index >= 15 is 0 Å². The van der Waals surface area contributed by atoms with Gasteiger partial charge >= 0.3 is 0 Å². The van der Waals surface area contributed by atoms with Crippen LogP contribution in [0.1, 0.15) is 18.9 Å². The van der Waals surface area contributed by atoms with Gasteiger partial charge in [-0.2, -0.15) is 0 Å². The second-order valence-corrected chi connectivity index (χ2v) is 4.79. The topological polar surface area (TPSA) is 29.3 Å². The van der Waals surface area contributed by atoms with Crippen LogP contribution in [-0.2, 0) is 6.54 Å². The van der Waals surface area contributed by atoms with Crippen LogP contribution in [0.4, 0.5) is 20.2 Å². The van der Waals surface area contributed by atoms with E-state index in [0.717, 1.165) is 24.7 Å². The van der Waals surface area contributed by atoms with Crippen molar-refractivity contribution in [1.29, 1.82) is 0 Å². The number of anilines is 2. The fourth-order valence-corrected chi connectivity index (χ4v) is 2.21. The van der Waals surface area contributed by atoms with Crippen molar-refractivity contribution in [3.63, 3.8) is 0 Å². The molecule has 0 spiro atoms. The number of hydrogen-bond acceptors (Lipinski definition) is 2. The third-order valence-electron chi connectivity index (χ3n) is 3.02. The summed E-state index contributed by atoms with van der Waals surface area (Å²) in [4.78, 5) is 2.06. The molecule has 0 aliphatic heterocycles. The van der Waals surface area contributed by atoms with Gasteiger partial charge in [-0.3, -0.25) is 0 Å². The van der Waals surface area contributed by atoms with Crippen molar-refractivity contribution in [3.8, 4) is 0 Å². The summed E-state index contributed by atoms with van der Waals surface area (Å²) in [6.07, 6.45) is 0.937. The van der Waals surface area contributed by atoms with Crippen LogP contribution in [-0.4, -0.2) is 6.54 Å². The van der Waals surface area contributed by atoms with Gasteiger partial charge in [-0.15, -0.1) is 0 Å². The Morgan fingerprint density at radius 2 is 1.75 bits per heavy atom. The highest BCUT2D eigenvalue weighted by atomic mass is 19.1. The van der Waals surface area contributed by atoms with Crippen LogP contribution in [0.3, 0.4) is 0 Å². The highest BCUT2D eigenvalue weighted by Crippen LogP contribution is 2.21. The maximum Gasteiger partial charge on any atom is 0.126 e. The number of nitrogens with two attached hydrogens (primary N) is 1. The van der Waals surface area contributed by atoms with Crippen molar-refractivity contribution in [3.05, 3.63) is 59.7 Å². The van der Waals surface area contributed by atoms with Gasteiger partial charge in [-0.05, 0) is 42.3 Å². The van der Waals surface area contributed by atoms with E-state index < -0.39 is 11.6 Å². The van der Waals surface area contributed by atoms with E-state index in [1.165, 1.54) is 12.1 Å². The summed E-state index contributed by atoms with van der Waals surface area (Å²) in [7, 11) is 0. The molecule has 0 atom stereocenters. The fraction of sp³-hybridized carbons (Fsp3) is 0.250. The van der Waals surface area contributed by atoms with Gasteiger partial charge in [0.1, 0.15) is 11.6 Å². The summed E-state index contributed by atoms with van der Waals surface area (Å²) in [6, 6.07) is 11.1. The fourth-order valence-electron chi connectivity index (χ4n) is 2.21. The predicted molar refractivity (Wildman–Crippen MR) is 78.6 cm³/mol. The van der Waals surface area contributed by atoms with Gasteiger partial charge in [-0.1, -0.05) is 13.0 Å². The lowest BCUT2D eigenvalue weighted by molar-refractivity contribution is 0.578. The van der Waals surface area contributed by atoms with Gasteiger partial charge in [0, 0.05) is 30.5 Å². The van der Waals surface area contributed by atoms with Gasteiger partial charge in [-0.25, -0.2) is 8.78 Å². The molecule has 2 rings (SSSR count). The standard InChI is InChI=1S/C16H18F2N2/c1-2-6-20(16-5-3-4-15(19)10-16)11-12-7-13(17)9-14(18)8-12/h3-5,7-10H,2,6,11,19H2,1H3. The Bertz CT molecular complexity index is 564. The van der Waals surface area contributed by atoms with E-state index in [1.54, 1.807) is 0 Å². The molecule has 106 valence electrons. The molecule has 0 unspecified atom stereocenters. The molecule has 2 aromatic rings. The molecular weight excluding hydrogens is 258 g/mol. The van der Waals surface area contributed by atoms with Crippen molar-refractivity contribution < 1.29 is 8.78 Å². The van der Waals surface area contributed by atoms with Crippen molar-refractivity contribution in [1.82, 2.24) is 0 Å². The van der Waals surface area contributed by atoms with Crippen LogP contribution >= 0.6 is 0 Å². The van der Waals surface area contributed by atoms with Gasteiger partial charge in [0.25, 0.3) is 0 Å². The summed E-state index contributed by atoms with van der Waals surface area (Å²) in [6.45, 7) is 3.30. The second kappa shape index (κ2) is 6.37. The Morgan fingerprint density at radius 1 is 1.05 bits per heavy atom. The molecule has 4 heteroatoms. The third-order valence-corrected chi connectivity index (χ3v) is 3.02. The first-order chi connectivity index (χ1) is 9.58. The first kappa shape index (κ1) is 14.3. The zero-order valence-electron chi connectivity index (χ0n) is 11.4. The molecule has 0 saturated heterocycles. The summed E-state index contributed by atoms with van der Waals surface area (Å²) in [5.41, 5.74) is 8.03. The largest absolute Gasteiger partial charge is 0.399 e. The number of nitrogen functional groups attached to an aromatic ring is 1. The van der Waals surface area contributed by atoms with Crippen LogP contribution in [0, 0.1) is 11.6 Å².